The number of benzene rings is 4. The third kappa shape index (κ3) is 5.92. The fourth-order valence-corrected chi connectivity index (χ4v) is 13.4. The lowest BCUT2D eigenvalue weighted by atomic mass is 9.54. The van der Waals surface area contributed by atoms with Crippen LogP contribution >= 0.6 is 0 Å². The minimum Gasteiger partial charge on any atom is -0.457 e. The van der Waals surface area contributed by atoms with Crippen molar-refractivity contribution in [2.75, 3.05) is 10.6 Å². The van der Waals surface area contributed by atoms with Gasteiger partial charge in [-0.1, -0.05) is 55.5 Å². The highest BCUT2D eigenvalue weighted by atomic mass is 16.6. The Morgan fingerprint density at radius 2 is 0.800 bits per heavy atom. The molecule has 13 unspecified atom stereocenters. The molecule has 4 aromatic rings. The molecule has 354 valence electrons. The fourth-order valence-electron chi connectivity index (χ4n) is 13.4. The molecule has 15 heteroatoms. The first-order valence-electron chi connectivity index (χ1n) is 23.8. The van der Waals surface area contributed by atoms with Gasteiger partial charge in [0, 0.05) is 29.4 Å². The molecule has 2 N–H and O–H groups in total. The summed E-state index contributed by atoms with van der Waals surface area (Å²) < 4.78 is 17.1. The van der Waals surface area contributed by atoms with Crippen LogP contribution in [0.25, 0.3) is 0 Å². The van der Waals surface area contributed by atoms with Crippen LogP contribution in [0.2, 0.25) is 0 Å². The summed E-state index contributed by atoms with van der Waals surface area (Å²) in [6, 6.07) is 27.8. The molecular weight excluding hydrogens is 893 g/mol. The minimum absolute atomic E-state index is 0.341. The number of hydrogen-bond donors (Lipinski definition) is 1. The van der Waals surface area contributed by atoms with E-state index in [1.54, 1.807) is 97.1 Å². The SMILES string of the molecule is CCC(C)(c1ccc(Oc2ccc(N3C(=O)C4C5C=CC(C4C3=O)C3C(=O)N(C(C)(C)c4ccc(Oc6ccc(N)cc6)cc4)C(=O)C53)cc2)cc1)N1C(=O)C2C3C=CC(C4C(=O)OC(=O)C34)C2C1=O. The van der Waals surface area contributed by atoms with Crippen LogP contribution < -0.4 is 20.1 Å². The second-order valence-electron chi connectivity index (χ2n) is 20.6. The van der Waals surface area contributed by atoms with Crippen molar-refractivity contribution in [2.24, 2.45) is 71.0 Å². The number of carbonyl (C=O) groups excluding carboxylic acids is 8. The van der Waals surface area contributed by atoms with Crippen molar-refractivity contribution < 1.29 is 52.6 Å². The maximum absolute atomic E-state index is 14.5. The zero-order valence-corrected chi connectivity index (χ0v) is 38.6. The van der Waals surface area contributed by atoms with Gasteiger partial charge in [-0.3, -0.25) is 53.1 Å². The van der Waals surface area contributed by atoms with E-state index in [1.165, 1.54) is 14.7 Å². The van der Waals surface area contributed by atoms with Crippen LogP contribution in [0.1, 0.15) is 45.2 Å². The first kappa shape index (κ1) is 43.6. The van der Waals surface area contributed by atoms with Crippen LogP contribution in [-0.2, 0) is 54.2 Å². The molecule has 0 aromatic heterocycles. The van der Waals surface area contributed by atoms with E-state index >= 15 is 0 Å². The molecule has 10 aliphatic rings. The number of allylic oxidation sites excluding steroid dienone is 4. The van der Waals surface area contributed by atoms with Gasteiger partial charge >= 0.3 is 11.9 Å². The molecule has 14 rings (SSSR count). The fraction of sp³-hybridized carbons (Fsp3) is 0.345. The molecule has 13 atom stereocenters. The Kier molecular flexibility index (Phi) is 9.44. The lowest BCUT2D eigenvalue weighted by Crippen LogP contribution is -2.50. The lowest BCUT2D eigenvalue weighted by Gasteiger charge is -2.44. The molecular formula is C55H48N4O11. The smallest absolute Gasteiger partial charge is 0.318 e. The van der Waals surface area contributed by atoms with Crippen LogP contribution in [0, 0.1) is 71.0 Å². The van der Waals surface area contributed by atoms with E-state index in [9.17, 15) is 38.4 Å². The number of rotatable bonds is 10. The van der Waals surface area contributed by atoms with Crippen LogP contribution in [0.4, 0.5) is 11.4 Å². The molecule has 6 fully saturated rings. The number of ether oxygens (including phenoxy) is 3. The largest absolute Gasteiger partial charge is 0.457 e. The van der Waals surface area contributed by atoms with Crippen molar-refractivity contribution in [1.29, 1.82) is 0 Å². The van der Waals surface area contributed by atoms with Crippen molar-refractivity contribution >= 4 is 58.8 Å². The lowest BCUT2D eigenvalue weighted by molar-refractivity contribution is -0.154. The number of nitrogens with two attached hydrogens (primary N) is 1. The van der Waals surface area contributed by atoms with E-state index in [2.05, 4.69) is 0 Å². The summed E-state index contributed by atoms with van der Waals surface area (Å²) in [5.74, 6) is -10.2. The number of esters is 2. The number of anilines is 2. The van der Waals surface area contributed by atoms with Gasteiger partial charge < -0.3 is 19.9 Å². The van der Waals surface area contributed by atoms with Gasteiger partial charge in [0.25, 0.3) is 0 Å². The highest BCUT2D eigenvalue weighted by Crippen LogP contribution is 2.61. The van der Waals surface area contributed by atoms with Crippen LogP contribution in [0.5, 0.6) is 23.0 Å². The van der Waals surface area contributed by atoms with Crippen molar-refractivity contribution in [3.63, 3.8) is 0 Å². The molecule has 15 nitrogen and oxygen atoms in total. The highest BCUT2D eigenvalue weighted by Gasteiger charge is 2.71. The topological polar surface area (TPSA) is 200 Å². The number of hydrogen-bond acceptors (Lipinski definition) is 12. The number of likely N-dealkylation sites (tertiary alicyclic amines) is 2. The molecule has 4 bridgehead atoms. The van der Waals surface area contributed by atoms with E-state index in [1.807, 2.05) is 52.0 Å². The summed E-state index contributed by atoms with van der Waals surface area (Å²) in [4.78, 5) is 115. The van der Waals surface area contributed by atoms with E-state index in [0.29, 0.717) is 46.4 Å². The van der Waals surface area contributed by atoms with E-state index in [0.717, 1.165) is 5.56 Å². The predicted molar refractivity (Wildman–Crippen MR) is 248 cm³/mol. The van der Waals surface area contributed by atoms with Crippen LogP contribution in [0.15, 0.2) is 121 Å². The Labute approximate surface area is 402 Å². The number of imide groups is 3. The summed E-state index contributed by atoms with van der Waals surface area (Å²) in [6.07, 6.45) is 7.69. The Bertz CT molecular complexity index is 2960. The maximum Gasteiger partial charge on any atom is 0.318 e. The maximum atomic E-state index is 14.5. The number of cyclic esters (lactones) is 2. The first-order valence-corrected chi connectivity index (χ1v) is 23.8. The van der Waals surface area contributed by atoms with Gasteiger partial charge in [-0.2, -0.15) is 0 Å². The van der Waals surface area contributed by atoms with E-state index < -0.39 is 106 Å². The summed E-state index contributed by atoms with van der Waals surface area (Å²) in [6.45, 7) is 7.37. The van der Waals surface area contributed by atoms with Gasteiger partial charge in [-0.05, 0) is 111 Å². The first-order chi connectivity index (χ1) is 33.5. The monoisotopic (exact) mass is 940 g/mol. The Hall–Kier alpha value is -7.68. The molecule has 70 heavy (non-hydrogen) atoms. The van der Waals surface area contributed by atoms with Crippen molar-refractivity contribution in [3.8, 4) is 23.0 Å². The molecule has 0 radical (unpaired) electrons. The van der Waals surface area contributed by atoms with E-state index in [-0.39, 0.29) is 23.6 Å². The summed E-state index contributed by atoms with van der Waals surface area (Å²) in [5.41, 5.74) is 6.09. The minimum atomic E-state index is -1.04. The van der Waals surface area contributed by atoms with Crippen LogP contribution in [0.3, 0.4) is 0 Å². The predicted octanol–water partition coefficient (Wildman–Crippen LogP) is 6.67. The molecule has 4 aromatic carbocycles. The molecule has 0 spiro atoms. The Balaban J connectivity index is 0.726. The average Bonchev–Trinajstić information content (AvgIpc) is 4.03. The van der Waals surface area contributed by atoms with Gasteiger partial charge in [0.1, 0.15) is 23.0 Å². The summed E-state index contributed by atoms with van der Waals surface area (Å²) in [7, 11) is 0. The second kappa shape index (κ2) is 15.2. The zero-order chi connectivity index (χ0) is 48.9. The second-order valence-corrected chi connectivity index (χ2v) is 20.6. The zero-order valence-electron chi connectivity index (χ0n) is 38.6. The van der Waals surface area contributed by atoms with Gasteiger partial charge in [0.05, 0.1) is 64.1 Å². The van der Waals surface area contributed by atoms with Crippen molar-refractivity contribution in [2.45, 2.75) is 45.2 Å². The van der Waals surface area contributed by atoms with Gasteiger partial charge in [-0.25, -0.2) is 0 Å². The molecule has 4 aliphatic heterocycles. The van der Waals surface area contributed by atoms with Gasteiger partial charge in [0.2, 0.25) is 35.4 Å². The quantitative estimate of drug-likeness (QED) is 0.0583. The third-order valence-electron chi connectivity index (χ3n) is 17.0. The molecule has 4 saturated heterocycles. The van der Waals surface area contributed by atoms with Crippen LogP contribution in [-0.4, -0.2) is 57.2 Å². The average molecular weight is 941 g/mol. The molecule has 6 aliphatic carbocycles. The number of carbonyl (C=O) groups is 8. The highest BCUT2D eigenvalue weighted by molar-refractivity contribution is 6.23. The molecule has 4 heterocycles. The van der Waals surface area contributed by atoms with E-state index in [4.69, 9.17) is 19.9 Å². The number of nitrogens with zero attached hydrogens (tertiary/aromatic N) is 3. The van der Waals surface area contributed by atoms with Crippen molar-refractivity contribution in [1.82, 2.24) is 9.80 Å². The molecule has 6 amide bonds. The Morgan fingerprint density at radius 3 is 1.21 bits per heavy atom. The summed E-state index contributed by atoms with van der Waals surface area (Å²) in [5, 5.41) is 0. The number of amides is 6. The Morgan fingerprint density at radius 1 is 0.457 bits per heavy atom. The van der Waals surface area contributed by atoms with Gasteiger partial charge in [-0.15, -0.1) is 0 Å². The van der Waals surface area contributed by atoms with Gasteiger partial charge in [0.15, 0.2) is 0 Å². The molecule has 2 saturated carbocycles. The summed E-state index contributed by atoms with van der Waals surface area (Å²) >= 11 is 0. The number of nitrogen functional groups attached to an aromatic ring is 1. The third-order valence-corrected chi connectivity index (χ3v) is 17.0. The standard InChI is InChI=1S/C55H48N4O11/c1-5-55(4,59-50(64)42-36-24-25-37(43(42)51(59)65)45-44(36)52(66)70-53(45)67)27-8-16-31(17-9-27)69-33-20-12-29(13-21-33)57-46(60)38-34-22-23-35(39(38)47(57)61)41-40(34)48(62)58(49(41)63)54(2,3)26-6-14-30(15-7-26)68-32-18-10-28(56)11-19-32/h6-25,34-45H,5,56H2,1-4H3. The van der Waals surface area contributed by atoms with Crippen molar-refractivity contribution in [3.05, 3.63) is 132 Å². The normalized spacial score (nSPS) is 32.1.